The van der Waals surface area contributed by atoms with E-state index in [9.17, 15) is 0 Å². The molecule has 1 aromatic carbocycles. The van der Waals surface area contributed by atoms with Gasteiger partial charge in [0.25, 0.3) is 0 Å². The van der Waals surface area contributed by atoms with Crippen molar-refractivity contribution in [1.82, 2.24) is 0 Å². The molecule has 0 aliphatic carbocycles. The van der Waals surface area contributed by atoms with E-state index in [-0.39, 0.29) is 0 Å². The topological polar surface area (TPSA) is 18.5 Å². The molecule has 0 atom stereocenters. The lowest BCUT2D eigenvalue weighted by atomic mass is 10.3. The molecule has 0 N–H and O–H groups in total. The van der Waals surface area contributed by atoms with Gasteiger partial charge in [0, 0.05) is 11.6 Å². The van der Waals surface area contributed by atoms with Crippen LogP contribution in [-0.4, -0.2) is 15.2 Å². The largest absolute Gasteiger partial charge is 0.520 e. The molecule has 0 aliphatic heterocycles. The molecule has 2 nitrogen and oxygen atoms in total. The minimum absolute atomic E-state index is 0.710. The Morgan fingerprint density at radius 1 is 1.06 bits per heavy atom. The second kappa shape index (κ2) is 6.28. The molecule has 0 heterocycles. The molecule has 1 aromatic rings. The molecule has 4 heteroatoms. The molecule has 1 rings (SSSR count). The second-order valence-corrected chi connectivity index (χ2v) is 7.77. The Morgan fingerprint density at radius 3 is 2.06 bits per heavy atom. The standard InChI is InChI=1S/C12H19ClO2Si/c1-4-14-16(5-2,6-3)15-12-9-7-11(13)8-10-12/h7-10H,4-6H2,1-3H3. The molecule has 0 radical (unpaired) electrons. The van der Waals surface area contributed by atoms with E-state index in [0.29, 0.717) is 6.61 Å². The first-order chi connectivity index (χ1) is 7.65. The lowest BCUT2D eigenvalue weighted by Gasteiger charge is -2.28. The lowest BCUT2D eigenvalue weighted by molar-refractivity contribution is 0.252. The van der Waals surface area contributed by atoms with Gasteiger partial charge >= 0.3 is 8.56 Å². The summed E-state index contributed by atoms with van der Waals surface area (Å²) in [6.07, 6.45) is 0. The molecule has 0 bridgehead atoms. The zero-order valence-electron chi connectivity index (χ0n) is 10.1. The lowest BCUT2D eigenvalue weighted by Crippen LogP contribution is -2.44. The summed E-state index contributed by atoms with van der Waals surface area (Å²) in [5, 5.41) is 0.726. The van der Waals surface area contributed by atoms with Gasteiger partial charge in [-0.1, -0.05) is 25.4 Å². The smallest absolute Gasteiger partial charge is 0.398 e. The molecular formula is C12H19ClO2Si. The molecule has 90 valence electrons. The van der Waals surface area contributed by atoms with E-state index >= 15 is 0 Å². The maximum Gasteiger partial charge on any atom is 0.398 e. The fourth-order valence-electron chi connectivity index (χ4n) is 1.61. The third kappa shape index (κ3) is 3.51. The van der Waals surface area contributed by atoms with Gasteiger partial charge in [0.1, 0.15) is 5.75 Å². The van der Waals surface area contributed by atoms with Crippen LogP contribution >= 0.6 is 11.6 Å². The molecule has 0 fully saturated rings. The Balaban J connectivity index is 2.78. The highest BCUT2D eigenvalue weighted by Crippen LogP contribution is 2.24. The SMILES string of the molecule is CCO[Si](CC)(CC)Oc1ccc(Cl)cc1. The highest BCUT2D eigenvalue weighted by Gasteiger charge is 2.35. The fraction of sp³-hybridized carbons (Fsp3) is 0.500. The molecule has 0 aromatic heterocycles. The monoisotopic (exact) mass is 258 g/mol. The van der Waals surface area contributed by atoms with E-state index in [2.05, 4.69) is 13.8 Å². The van der Waals surface area contributed by atoms with E-state index in [4.69, 9.17) is 20.5 Å². The van der Waals surface area contributed by atoms with Gasteiger partial charge in [-0.3, -0.25) is 0 Å². The van der Waals surface area contributed by atoms with Gasteiger partial charge in [-0.25, -0.2) is 0 Å². The van der Waals surface area contributed by atoms with Gasteiger partial charge in [-0.05, 0) is 43.3 Å². The van der Waals surface area contributed by atoms with Crippen molar-refractivity contribution >= 4 is 20.2 Å². The van der Waals surface area contributed by atoms with Crippen LogP contribution in [0.3, 0.4) is 0 Å². The summed E-state index contributed by atoms with van der Waals surface area (Å²) < 4.78 is 11.9. The predicted octanol–water partition coefficient (Wildman–Crippen LogP) is 4.24. The summed E-state index contributed by atoms with van der Waals surface area (Å²) in [5.74, 6) is 0.855. The first kappa shape index (κ1) is 13.6. The van der Waals surface area contributed by atoms with Crippen LogP contribution in [0.1, 0.15) is 20.8 Å². The summed E-state index contributed by atoms with van der Waals surface area (Å²) in [6.45, 7) is 6.97. The van der Waals surface area contributed by atoms with E-state index in [1.165, 1.54) is 0 Å². The summed E-state index contributed by atoms with van der Waals surface area (Å²) in [5.41, 5.74) is 0. The van der Waals surface area contributed by atoms with Crippen LogP contribution in [0.15, 0.2) is 24.3 Å². The molecule has 0 saturated heterocycles. The Morgan fingerprint density at radius 2 is 1.62 bits per heavy atom. The van der Waals surface area contributed by atoms with Crippen molar-refractivity contribution in [2.24, 2.45) is 0 Å². The first-order valence-electron chi connectivity index (χ1n) is 5.74. The van der Waals surface area contributed by atoms with Gasteiger partial charge in [0.2, 0.25) is 0 Å². The van der Waals surface area contributed by atoms with Crippen LogP contribution < -0.4 is 4.43 Å². The average Bonchev–Trinajstić information content (AvgIpc) is 2.31. The van der Waals surface area contributed by atoms with Crippen molar-refractivity contribution < 1.29 is 8.85 Å². The quantitative estimate of drug-likeness (QED) is 0.711. The average molecular weight is 259 g/mol. The summed E-state index contributed by atoms with van der Waals surface area (Å²) >= 11 is 5.84. The van der Waals surface area contributed by atoms with Crippen molar-refractivity contribution in [1.29, 1.82) is 0 Å². The van der Waals surface area contributed by atoms with Crippen LogP contribution in [-0.2, 0) is 4.43 Å². The van der Waals surface area contributed by atoms with Crippen molar-refractivity contribution in [2.75, 3.05) is 6.61 Å². The van der Waals surface area contributed by atoms with Gasteiger partial charge < -0.3 is 8.85 Å². The third-order valence-corrected chi connectivity index (χ3v) is 6.43. The van der Waals surface area contributed by atoms with Crippen molar-refractivity contribution in [2.45, 2.75) is 32.9 Å². The molecular weight excluding hydrogens is 240 g/mol. The fourth-order valence-corrected chi connectivity index (χ4v) is 4.08. The Hall–Kier alpha value is -0.513. The van der Waals surface area contributed by atoms with Gasteiger partial charge in [0.15, 0.2) is 0 Å². The normalized spacial score (nSPS) is 11.5. The number of rotatable bonds is 6. The van der Waals surface area contributed by atoms with Crippen molar-refractivity contribution in [3.05, 3.63) is 29.3 Å². The molecule has 0 unspecified atom stereocenters. The maximum absolute atomic E-state index is 6.05. The molecule has 0 spiro atoms. The van der Waals surface area contributed by atoms with Gasteiger partial charge in [0.05, 0.1) is 0 Å². The number of benzene rings is 1. The van der Waals surface area contributed by atoms with Crippen LogP contribution in [0.4, 0.5) is 0 Å². The summed E-state index contributed by atoms with van der Waals surface area (Å²) in [6, 6.07) is 9.39. The molecule has 16 heavy (non-hydrogen) atoms. The van der Waals surface area contributed by atoms with Crippen LogP contribution in [0.5, 0.6) is 5.75 Å². The predicted molar refractivity (Wildman–Crippen MR) is 70.4 cm³/mol. The van der Waals surface area contributed by atoms with E-state index in [1.54, 1.807) is 0 Å². The Kier molecular flexibility index (Phi) is 5.32. The second-order valence-electron chi connectivity index (χ2n) is 3.61. The Labute approximate surface area is 104 Å². The number of hydrogen-bond donors (Lipinski definition) is 0. The Bertz CT molecular complexity index is 309. The minimum Gasteiger partial charge on any atom is -0.520 e. The number of halogens is 1. The summed E-state index contributed by atoms with van der Waals surface area (Å²) in [4.78, 5) is 0. The van der Waals surface area contributed by atoms with Crippen LogP contribution in [0, 0.1) is 0 Å². The highest BCUT2D eigenvalue weighted by molar-refractivity contribution is 6.68. The first-order valence-corrected chi connectivity index (χ1v) is 8.35. The third-order valence-electron chi connectivity index (χ3n) is 2.60. The van der Waals surface area contributed by atoms with Crippen molar-refractivity contribution in [3.8, 4) is 5.75 Å². The van der Waals surface area contributed by atoms with Crippen LogP contribution in [0.25, 0.3) is 0 Å². The molecule has 0 saturated carbocycles. The van der Waals surface area contributed by atoms with E-state index in [0.717, 1.165) is 22.9 Å². The molecule has 0 aliphatic rings. The zero-order valence-corrected chi connectivity index (χ0v) is 11.9. The van der Waals surface area contributed by atoms with Gasteiger partial charge in [-0.2, -0.15) is 0 Å². The maximum atomic E-state index is 6.05. The highest BCUT2D eigenvalue weighted by atomic mass is 35.5. The molecule has 0 amide bonds. The van der Waals surface area contributed by atoms with Gasteiger partial charge in [-0.15, -0.1) is 0 Å². The summed E-state index contributed by atoms with van der Waals surface area (Å²) in [7, 11) is -2.04. The zero-order chi connectivity index (χ0) is 12.0. The van der Waals surface area contributed by atoms with E-state index in [1.807, 2.05) is 31.2 Å². The van der Waals surface area contributed by atoms with Crippen LogP contribution in [0.2, 0.25) is 17.1 Å². The number of hydrogen-bond acceptors (Lipinski definition) is 2. The minimum atomic E-state index is -2.04. The van der Waals surface area contributed by atoms with Crippen molar-refractivity contribution in [3.63, 3.8) is 0 Å². The van der Waals surface area contributed by atoms with E-state index < -0.39 is 8.56 Å².